The predicted octanol–water partition coefficient (Wildman–Crippen LogP) is 1.22. The van der Waals surface area contributed by atoms with E-state index in [1.54, 1.807) is 18.5 Å². The fourth-order valence-corrected chi connectivity index (χ4v) is 5.12. The lowest BCUT2D eigenvalue weighted by Crippen LogP contribution is -2.47. The summed E-state index contributed by atoms with van der Waals surface area (Å²) < 4.78 is 36.8. The first-order chi connectivity index (χ1) is 17.8. The highest BCUT2D eigenvalue weighted by atomic mass is 32.2. The molecule has 2 aliphatic rings. The van der Waals surface area contributed by atoms with Crippen molar-refractivity contribution < 1.29 is 17.9 Å². The van der Waals surface area contributed by atoms with E-state index in [1.807, 2.05) is 24.3 Å². The van der Waals surface area contributed by atoms with Crippen LogP contribution in [0.5, 0.6) is 11.6 Å². The van der Waals surface area contributed by atoms with Gasteiger partial charge in [0.25, 0.3) is 0 Å². The van der Waals surface area contributed by atoms with Gasteiger partial charge in [-0.05, 0) is 17.7 Å². The summed E-state index contributed by atoms with van der Waals surface area (Å²) in [5.74, 6) is 1.80. The highest BCUT2D eigenvalue weighted by molar-refractivity contribution is 7.88. The van der Waals surface area contributed by atoms with Gasteiger partial charge < -0.3 is 20.1 Å². The largest absolute Gasteiger partial charge is 0.439 e. The van der Waals surface area contributed by atoms with Crippen molar-refractivity contribution in [1.82, 2.24) is 29.1 Å². The number of piperazine rings is 1. The topological polar surface area (TPSA) is 140 Å². The van der Waals surface area contributed by atoms with E-state index in [-0.39, 0.29) is 5.95 Å². The van der Waals surface area contributed by atoms with Crippen LogP contribution in [0.2, 0.25) is 0 Å². The molecular formula is C24H30N8O4S. The fourth-order valence-electron chi connectivity index (χ4n) is 4.29. The van der Waals surface area contributed by atoms with E-state index in [9.17, 15) is 8.42 Å². The van der Waals surface area contributed by atoms with Crippen molar-refractivity contribution >= 4 is 21.9 Å². The number of nitrogens with two attached hydrogens (primary N) is 1. The monoisotopic (exact) mass is 526 g/mol. The zero-order chi connectivity index (χ0) is 25.8. The van der Waals surface area contributed by atoms with Crippen molar-refractivity contribution in [3.63, 3.8) is 0 Å². The van der Waals surface area contributed by atoms with Crippen LogP contribution >= 0.6 is 0 Å². The molecular weight excluding hydrogens is 496 g/mol. The summed E-state index contributed by atoms with van der Waals surface area (Å²) in [4.78, 5) is 21.9. The summed E-state index contributed by atoms with van der Waals surface area (Å²) in [6.45, 7) is 5.64. The number of rotatable bonds is 7. The summed E-state index contributed by atoms with van der Waals surface area (Å²) in [6, 6.07) is 9.59. The Morgan fingerprint density at radius 3 is 2.43 bits per heavy atom. The minimum absolute atomic E-state index is 0.192. The number of sulfonamides is 1. The zero-order valence-electron chi connectivity index (χ0n) is 20.7. The first kappa shape index (κ1) is 25.3. The number of ether oxygens (including phenoxy) is 2. The van der Waals surface area contributed by atoms with Gasteiger partial charge in [-0.2, -0.15) is 9.29 Å². The Kier molecular flexibility index (Phi) is 7.46. The van der Waals surface area contributed by atoms with Crippen LogP contribution in [0.1, 0.15) is 5.56 Å². The molecule has 37 heavy (non-hydrogen) atoms. The minimum Gasteiger partial charge on any atom is -0.439 e. The normalized spacial score (nSPS) is 17.6. The van der Waals surface area contributed by atoms with Gasteiger partial charge in [0, 0.05) is 69.8 Å². The van der Waals surface area contributed by atoms with Crippen molar-refractivity contribution in [2.45, 2.75) is 6.54 Å². The van der Waals surface area contributed by atoms with Crippen LogP contribution in [0.25, 0.3) is 11.3 Å². The SMILES string of the molecule is CS(=O)(=O)N1CCN(Cc2cccc(Oc3cc(-c4cnc(N)nc4)nc(N4CCOCC4)n3)c2)CC1. The van der Waals surface area contributed by atoms with Crippen LogP contribution < -0.4 is 15.4 Å². The Labute approximate surface area is 216 Å². The molecule has 2 aromatic heterocycles. The Hall–Kier alpha value is -3.39. The predicted molar refractivity (Wildman–Crippen MR) is 139 cm³/mol. The number of hydrogen-bond donors (Lipinski definition) is 1. The second kappa shape index (κ2) is 10.9. The van der Waals surface area contributed by atoms with Gasteiger partial charge in [0.2, 0.25) is 27.8 Å². The number of nitrogens with zero attached hydrogens (tertiary/aromatic N) is 7. The average molecular weight is 527 g/mol. The molecule has 0 saturated carbocycles. The highest BCUT2D eigenvalue weighted by Gasteiger charge is 2.23. The van der Waals surface area contributed by atoms with Crippen LogP contribution in [-0.4, -0.2) is 96.3 Å². The molecule has 0 bridgehead atoms. The number of aromatic nitrogens is 4. The number of morpholine rings is 1. The molecule has 0 spiro atoms. The molecule has 12 nitrogen and oxygen atoms in total. The summed E-state index contributed by atoms with van der Waals surface area (Å²) in [7, 11) is -3.15. The Morgan fingerprint density at radius 2 is 1.73 bits per heavy atom. The van der Waals surface area contributed by atoms with E-state index in [2.05, 4.69) is 24.8 Å². The van der Waals surface area contributed by atoms with Gasteiger partial charge in [0.15, 0.2) is 0 Å². The number of hydrogen-bond acceptors (Lipinski definition) is 11. The van der Waals surface area contributed by atoms with Gasteiger partial charge in [-0.1, -0.05) is 12.1 Å². The lowest BCUT2D eigenvalue weighted by Gasteiger charge is -2.33. The number of benzene rings is 1. The molecule has 0 radical (unpaired) electrons. The molecule has 5 rings (SSSR count). The zero-order valence-corrected chi connectivity index (χ0v) is 21.5. The fraction of sp³-hybridized carbons (Fsp3) is 0.417. The van der Waals surface area contributed by atoms with E-state index in [4.69, 9.17) is 20.2 Å². The molecule has 2 fully saturated rings. The standard InChI is InChI=1S/C24H30N8O4S/c1-37(33,34)32-7-5-30(6-8-32)17-18-3-2-4-20(13-18)36-22-14-21(19-15-26-23(25)27-16-19)28-24(29-22)31-9-11-35-12-10-31/h2-4,13-16H,5-12,17H2,1H3,(H2,25,26,27). The van der Waals surface area contributed by atoms with Gasteiger partial charge in [0.05, 0.1) is 25.2 Å². The van der Waals surface area contributed by atoms with Gasteiger partial charge >= 0.3 is 0 Å². The first-order valence-corrected chi connectivity index (χ1v) is 13.9. The third kappa shape index (κ3) is 6.49. The van der Waals surface area contributed by atoms with Gasteiger partial charge in [-0.15, -0.1) is 0 Å². The summed E-state index contributed by atoms with van der Waals surface area (Å²) in [5.41, 5.74) is 8.06. The molecule has 1 aromatic carbocycles. The Bertz CT molecular complexity index is 1320. The van der Waals surface area contributed by atoms with Gasteiger partial charge in [-0.3, -0.25) is 4.90 Å². The molecule has 196 valence electrons. The van der Waals surface area contributed by atoms with Gasteiger partial charge in [0.1, 0.15) is 5.75 Å². The molecule has 0 amide bonds. The third-order valence-corrected chi connectivity index (χ3v) is 7.58. The van der Waals surface area contributed by atoms with Crippen molar-refractivity contribution in [3.05, 3.63) is 48.3 Å². The Balaban J connectivity index is 1.34. The molecule has 2 N–H and O–H groups in total. The van der Waals surface area contributed by atoms with Crippen LogP contribution in [0, 0.1) is 0 Å². The van der Waals surface area contributed by atoms with E-state index in [0.29, 0.717) is 87.9 Å². The summed E-state index contributed by atoms with van der Waals surface area (Å²) >= 11 is 0. The molecule has 0 atom stereocenters. The maximum absolute atomic E-state index is 11.8. The Morgan fingerprint density at radius 1 is 1.00 bits per heavy atom. The van der Waals surface area contributed by atoms with Crippen molar-refractivity contribution in [2.24, 2.45) is 0 Å². The molecule has 2 saturated heterocycles. The molecule has 0 aliphatic carbocycles. The second-order valence-electron chi connectivity index (χ2n) is 9.01. The van der Waals surface area contributed by atoms with E-state index in [0.717, 1.165) is 5.56 Å². The molecule has 4 heterocycles. The average Bonchev–Trinajstić information content (AvgIpc) is 2.89. The lowest BCUT2D eigenvalue weighted by atomic mass is 10.2. The van der Waals surface area contributed by atoms with Gasteiger partial charge in [-0.25, -0.2) is 23.4 Å². The molecule has 13 heteroatoms. The maximum atomic E-state index is 11.8. The quantitative estimate of drug-likeness (QED) is 0.475. The van der Waals surface area contributed by atoms with Crippen molar-refractivity contribution in [2.75, 3.05) is 69.4 Å². The highest BCUT2D eigenvalue weighted by Crippen LogP contribution is 2.28. The van der Waals surface area contributed by atoms with E-state index in [1.165, 1.54) is 10.6 Å². The van der Waals surface area contributed by atoms with Crippen molar-refractivity contribution in [3.8, 4) is 22.9 Å². The molecule has 0 unspecified atom stereocenters. The van der Waals surface area contributed by atoms with Crippen LogP contribution in [0.15, 0.2) is 42.7 Å². The van der Waals surface area contributed by atoms with Crippen LogP contribution in [0.4, 0.5) is 11.9 Å². The molecule has 2 aliphatic heterocycles. The minimum atomic E-state index is -3.15. The summed E-state index contributed by atoms with van der Waals surface area (Å²) in [5, 5.41) is 0. The second-order valence-corrected chi connectivity index (χ2v) is 11.0. The van der Waals surface area contributed by atoms with E-state index >= 15 is 0 Å². The smallest absolute Gasteiger partial charge is 0.229 e. The summed E-state index contributed by atoms with van der Waals surface area (Å²) in [6.07, 6.45) is 4.51. The first-order valence-electron chi connectivity index (χ1n) is 12.1. The van der Waals surface area contributed by atoms with Crippen LogP contribution in [-0.2, 0) is 21.3 Å². The lowest BCUT2D eigenvalue weighted by molar-refractivity contribution is 0.122. The third-order valence-electron chi connectivity index (χ3n) is 6.28. The van der Waals surface area contributed by atoms with Crippen molar-refractivity contribution in [1.29, 1.82) is 0 Å². The number of anilines is 2. The molecule has 3 aromatic rings. The number of nitrogen functional groups attached to an aromatic ring is 1. The maximum Gasteiger partial charge on any atom is 0.229 e. The van der Waals surface area contributed by atoms with E-state index < -0.39 is 10.0 Å². The van der Waals surface area contributed by atoms with Crippen LogP contribution in [0.3, 0.4) is 0 Å².